The van der Waals surface area contributed by atoms with E-state index in [2.05, 4.69) is 21.9 Å². The second-order valence-electron chi connectivity index (χ2n) is 10.0. The molecule has 2 bridgehead atoms. The first-order valence-electron chi connectivity index (χ1n) is 12.5. The number of hydrogen-bond acceptors (Lipinski definition) is 5. The Morgan fingerprint density at radius 3 is 2.74 bits per heavy atom. The zero-order valence-corrected chi connectivity index (χ0v) is 20.8. The van der Waals surface area contributed by atoms with Gasteiger partial charge in [-0.05, 0) is 57.7 Å². The van der Waals surface area contributed by atoms with E-state index in [1.807, 2.05) is 6.92 Å². The molecule has 7 nitrogen and oxygen atoms in total. The molecule has 2 fully saturated rings. The van der Waals surface area contributed by atoms with Gasteiger partial charge >= 0.3 is 0 Å². The second-order valence-corrected chi connectivity index (χ2v) is 10.4. The van der Waals surface area contributed by atoms with E-state index in [1.165, 1.54) is 25.0 Å². The summed E-state index contributed by atoms with van der Waals surface area (Å²) in [4.78, 5) is 22.5. The topological polar surface area (TPSA) is 63.0 Å². The van der Waals surface area contributed by atoms with E-state index in [9.17, 15) is 9.18 Å². The van der Waals surface area contributed by atoms with Crippen LogP contribution in [-0.4, -0.2) is 55.0 Å². The molecule has 3 aromatic rings. The van der Waals surface area contributed by atoms with E-state index in [0.29, 0.717) is 47.2 Å². The van der Waals surface area contributed by atoms with E-state index in [0.717, 1.165) is 42.8 Å². The van der Waals surface area contributed by atoms with E-state index < -0.39 is 5.82 Å². The number of aromatic nitrogens is 3. The van der Waals surface area contributed by atoms with E-state index in [-0.39, 0.29) is 12.0 Å². The summed E-state index contributed by atoms with van der Waals surface area (Å²) in [6, 6.07) is 5.25. The van der Waals surface area contributed by atoms with Crippen molar-refractivity contribution in [2.45, 2.75) is 77.2 Å². The normalized spacial score (nSPS) is 23.8. The van der Waals surface area contributed by atoms with Crippen molar-refractivity contribution in [3.05, 3.63) is 57.8 Å². The second kappa shape index (κ2) is 8.75. The summed E-state index contributed by atoms with van der Waals surface area (Å²) in [5, 5.41) is 5.13. The van der Waals surface area contributed by atoms with Crippen LogP contribution in [0.3, 0.4) is 0 Å². The van der Waals surface area contributed by atoms with Crippen molar-refractivity contribution >= 4 is 23.2 Å². The molecule has 0 spiro atoms. The maximum atomic E-state index is 14.2. The molecule has 3 aliphatic heterocycles. The largest absolute Gasteiger partial charge is 0.489 e. The molecule has 2 aromatic heterocycles. The Morgan fingerprint density at radius 1 is 1.23 bits per heavy atom. The van der Waals surface area contributed by atoms with Crippen molar-refractivity contribution in [1.82, 2.24) is 24.4 Å². The lowest BCUT2D eigenvalue weighted by molar-refractivity contribution is 0.0479. The predicted octanol–water partition coefficient (Wildman–Crippen LogP) is 4.77. The Labute approximate surface area is 208 Å². The fourth-order valence-electron chi connectivity index (χ4n) is 6.05. The number of ether oxygens (including phenoxy) is 1. The zero-order chi connectivity index (χ0) is 24.3. The number of carbonyl (C=O) groups excluding carboxylic acids is 1. The monoisotopic (exact) mass is 497 g/mol. The Hall–Kier alpha value is -2.71. The number of fused-ring (bicyclic) bond motifs is 5. The lowest BCUT2D eigenvalue weighted by atomic mass is 9.99. The van der Waals surface area contributed by atoms with Crippen molar-refractivity contribution in [3.8, 4) is 5.75 Å². The summed E-state index contributed by atoms with van der Waals surface area (Å²) >= 11 is 6.19. The molecular weight excluding hydrogens is 469 g/mol. The van der Waals surface area contributed by atoms with Crippen molar-refractivity contribution in [3.63, 3.8) is 0 Å². The van der Waals surface area contributed by atoms with Gasteiger partial charge in [-0.15, -0.1) is 0 Å². The summed E-state index contributed by atoms with van der Waals surface area (Å²) in [7, 11) is 0. The standard InChI is InChI=1S/C26H29ClFN5O2/c1-3-8-32-17-5-6-18(32)11-19(10-17)35-24-9-16(28)4-7-20(24)26(34)31-12-21-23(14-31)30-33-13-22(27)15(2)29-25(21)33/h4,7,9,13,17-19H,3,5-6,8,10-12,14H2,1-2H3/t17-,18+,19+. The molecule has 35 heavy (non-hydrogen) atoms. The van der Waals surface area contributed by atoms with Crippen LogP contribution >= 0.6 is 11.6 Å². The number of nitrogens with zero attached hydrogens (tertiary/aromatic N) is 5. The summed E-state index contributed by atoms with van der Waals surface area (Å²) < 4.78 is 22.3. The molecule has 2 saturated heterocycles. The number of aryl methyl sites for hydroxylation is 1. The van der Waals surface area contributed by atoms with Crippen LogP contribution in [0.25, 0.3) is 5.65 Å². The summed E-state index contributed by atoms with van der Waals surface area (Å²) in [5.74, 6) is -0.252. The van der Waals surface area contributed by atoms with Gasteiger partial charge < -0.3 is 9.64 Å². The number of piperidine rings is 1. The van der Waals surface area contributed by atoms with Gasteiger partial charge in [0.1, 0.15) is 17.7 Å². The van der Waals surface area contributed by atoms with E-state index >= 15 is 0 Å². The maximum absolute atomic E-state index is 14.2. The number of halogens is 2. The summed E-state index contributed by atoms with van der Waals surface area (Å²) in [6.45, 7) is 5.94. The Bertz CT molecular complexity index is 1300. The van der Waals surface area contributed by atoms with Crippen LogP contribution in [0.5, 0.6) is 5.75 Å². The lowest BCUT2D eigenvalue weighted by Gasteiger charge is -2.39. The fraction of sp³-hybridized carbons (Fsp3) is 0.500. The first kappa shape index (κ1) is 22.7. The van der Waals surface area contributed by atoms with Crippen LogP contribution in [0.2, 0.25) is 5.02 Å². The Balaban J connectivity index is 1.22. The zero-order valence-electron chi connectivity index (χ0n) is 20.0. The molecule has 0 aliphatic carbocycles. The van der Waals surface area contributed by atoms with Crippen molar-refractivity contribution in [2.75, 3.05) is 6.54 Å². The van der Waals surface area contributed by atoms with Gasteiger partial charge in [0.2, 0.25) is 0 Å². The number of carbonyl (C=O) groups is 1. The van der Waals surface area contributed by atoms with Crippen molar-refractivity contribution in [1.29, 1.82) is 0 Å². The van der Waals surface area contributed by atoms with E-state index in [1.54, 1.807) is 21.7 Å². The van der Waals surface area contributed by atoms with Crippen LogP contribution < -0.4 is 4.74 Å². The van der Waals surface area contributed by atoms with Crippen LogP contribution in [0, 0.1) is 12.7 Å². The summed E-state index contributed by atoms with van der Waals surface area (Å²) in [5.41, 5.74) is 3.55. The molecule has 5 heterocycles. The Morgan fingerprint density at radius 2 is 2.00 bits per heavy atom. The van der Waals surface area contributed by atoms with Crippen molar-refractivity contribution in [2.24, 2.45) is 0 Å². The highest BCUT2D eigenvalue weighted by atomic mass is 35.5. The molecule has 1 amide bonds. The number of benzene rings is 1. The van der Waals surface area contributed by atoms with Crippen LogP contribution in [0.1, 0.15) is 66.3 Å². The minimum atomic E-state index is -0.401. The SMILES string of the molecule is CCCN1[C@@H]2CC[C@H]1C[C@@H](Oc1cc(F)ccc1C(=O)N1Cc3nn4cc(Cl)c(C)nc4c3C1)C2. The molecule has 0 saturated carbocycles. The number of hydrogen-bond donors (Lipinski definition) is 0. The molecular formula is C26H29ClFN5O2. The van der Waals surface area contributed by atoms with Crippen LogP contribution in [-0.2, 0) is 13.1 Å². The molecule has 3 aliphatic rings. The molecule has 0 unspecified atom stereocenters. The Kier molecular flexibility index (Phi) is 5.68. The molecule has 0 N–H and O–H groups in total. The summed E-state index contributed by atoms with van der Waals surface area (Å²) in [6.07, 6.45) is 7.09. The average molecular weight is 498 g/mol. The van der Waals surface area contributed by atoms with Gasteiger partial charge in [-0.2, -0.15) is 5.10 Å². The minimum Gasteiger partial charge on any atom is -0.489 e. The third-order valence-corrected chi connectivity index (χ3v) is 8.06. The highest BCUT2D eigenvalue weighted by molar-refractivity contribution is 6.31. The fourth-order valence-corrected chi connectivity index (χ4v) is 6.19. The van der Waals surface area contributed by atoms with Crippen molar-refractivity contribution < 1.29 is 13.9 Å². The maximum Gasteiger partial charge on any atom is 0.258 e. The van der Waals surface area contributed by atoms with E-state index in [4.69, 9.17) is 16.3 Å². The van der Waals surface area contributed by atoms with Gasteiger partial charge in [-0.1, -0.05) is 18.5 Å². The number of amides is 1. The predicted molar refractivity (Wildman–Crippen MR) is 130 cm³/mol. The smallest absolute Gasteiger partial charge is 0.258 e. The van der Waals surface area contributed by atoms with Gasteiger partial charge in [0.25, 0.3) is 5.91 Å². The van der Waals surface area contributed by atoms with Gasteiger partial charge in [0.15, 0.2) is 5.65 Å². The van der Waals surface area contributed by atoms with Gasteiger partial charge in [0.05, 0.1) is 41.3 Å². The third-order valence-electron chi connectivity index (χ3n) is 7.69. The van der Waals surface area contributed by atoms with Crippen LogP contribution in [0.4, 0.5) is 4.39 Å². The molecule has 1 aromatic carbocycles. The molecule has 6 rings (SSSR count). The highest BCUT2D eigenvalue weighted by Crippen LogP contribution is 2.38. The van der Waals surface area contributed by atoms with Gasteiger partial charge in [-0.3, -0.25) is 9.69 Å². The average Bonchev–Trinajstić information content (AvgIpc) is 3.44. The third kappa shape index (κ3) is 3.96. The van der Waals surface area contributed by atoms with Gasteiger partial charge in [0, 0.05) is 23.7 Å². The quantitative estimate of drug-likeness (QED) is 0.508. The lowest BCUT2D eigenvalue weighted by Crippen LogP contribution is -2.46. The van der Waals surface area contributed by atoms with Gasteiger partial charge in [-0.25, -0.2) is 13.9 Å². The highest BCUT2D eigenvalue weighted by Gasteiger charge is 2.41. The first-order chi connectivity index (χ1) is 16.9. The number of rotatable bonds is 5. The van der Waals surface area contributed by atoms with Crippen LogP contribution in [0.15, 0.2) is 24.4 Å². The minimum absolute atomic E-state index is 0.00846. The molecule has 9 heteroatoms. The first-order valence-corrected chi connectivity index (χ1v) is 12.8. The molecule has 3 atom stereocenters. The molecule has 0 radical (unpaired) electrons. The molecule has 184 valence electrons.